The summed E-state index contributed by atoms with van der Waals surface area (Å²) in [5.74, 6) is -2.76. The largest absolute Gasteiger partial charge is 0.469 e. The molecule has 0 aliphatic rings. The van der Waals surface area contributed by atoms with Crippen LogP contribution in [0.5, 0.6) is 0 Å². The van der Waals surface area contributed by atoms with E-state index in [-0.39, 0.29) is 19.3 Å². The van der Waals surface area contributed by atoms with E-state index in [2.05, 4.69) is 20.1 Å². The van der Waals surface area contributed by atoms with Gasteiger partial charge in [-0.2, -0.15) is 0 Å². The van der Waals surface area contributed by atoms with Crippen LogP contribution in [0, 0.1) is 5.82 Å². The zero-order valence-corrected chi connectivity index (χ0v) is 15.4. The monoisotopic (exact) mass is 382 g/mol. The van der Waals surface area contributed by atoms with Crippen molar-refractivity contribution in [3.8, 4) is 0 Å². The van der Waals surface area contributed by atoms with Crippen molar-refractivity contribution in [2.24, 2.45) is 0 Å². The average Bonchev–Trinajstić information content (AvgIpc) is 2.64. The number of amides is 2. The van der Waals surface area contributed by atoms with Gasteiger partial charge in [-0.3, -0.25) is 14.4 Å². The first-order chi connectivity index (χ1) is 12.8. The Kier molecular flexibility index (Phi) is 8.91. The van der Waals surface area contributed by atoms with Crippen LogP contribution in [0.1, 0.15) is 25.3 Å². The van der Waals surface area contributed by atoms with Crippen LogP contribution < -0.4 is 10.6 Å². The summed E-state index contributed by atoms with van der Waals surface area (Å²) in [6.45, 7) is 1.25. The van der Waals surface area contributed by atoms with Crippen molar-refractivity contribution in [1.29, 1.82) is 0 Å². The summed E-state index contributed by atoms with van der Waals surface area (Å²) in [4.78, 5) is 47.2. The number of benzene rings is 1. The van der Waals surface area contributed by atoms with E-state index in [1.807, 2.05) is 0 Å². The van der Waals surface area contributed by atoms with Gasteiger partial charge in [-0.1, -0.05) is 12.1 Å². The Bertz CT molecular complexity index is 677. The maximum absolute atomic E-state index is 13.0. The average molecular weight is 382 g/mol. The lowest BCUT2D eigenvalue weighted by atomic mass is 10.0. The van der Waals surface area contributed by atoms with Crippen molar-refractivity contribution in [1.82, 2.24) is 10.6 Å². The van der Waals surface area contributed by atoms with E-state index in [9.17, 15) is 23.6 Å². The normalized spacial score (nSPS) is 12.4. The minimum atomic E-state index is -1.08. The van der Waals surface area contributed by atoms with Crippen molar-refractivity contribution in [2.45, 2.75) is 38.3 Å². The van der Waals surface area contributed by atoms with Crippen molar-refractivity contribution in [3.05, 3.63) is 35.6 Å². The van der Waals surface area contributed by atoms with Gasteiger partial charge in [0.1, 0.15) is 17.9 Å². The first-order valence-electron chi connectivity index (χ1n) is 8.23. The summed E-state index contributed by atoms with van der Waals surface area (Å²) in [5, 5.41) is 4.97. The Morgan fingerprint density at radius 2 is 1.63 bits per heavy atom. The molecular formula is C18H23FN2O6. The topological polar surface area (TPSA) is 111 Å². The van der Waals surface area contributed by atoms with E-state index in [0.717, 1.165) is 7.11 Å². The predicted octanol–water partition coefficient (Wildman–Crippen LogP) is 0.484. The highest BCUT2D eigenvalue weighted by molar-refractivity contribution is 5.90. The number of carbonyl (C=O) groups is 4. The van der Waals surface area contributed by atoms with Crippen molar-refractivity contribution in [2.75, 3.05) is 14.2 Å². The molecule has 0 spiro atoms. The molecular weight excluding hydrogens is 359 g/mol. The fraction of sp³-hybridized carbons (Fsp3) is 0.444. The maximum Gasteiger partial charge on any atom is 0.328 e. The number of halogens is 1. The molecule has 0 bridgehead atoms. The quantitative estimate of drug-likeness (QED) is 0.601. The van der Waals surface area contributed by atoms with E-state index in [4.69, 9.17) is 0 Å². The molecule has 2 atom stereocenters. The fourth-order valence-corrected chi connectivity index (χ4v) is 2.34. The van der Waals surface area contributed by atoms with Crippen LogP contribution in [-0.4, -0.2) is 50.1 Å². The lowest BCUT2D eigenvalue weighted by molar-refractivity contribution is -0.146. The summed E-state index contributed by atoms with van der Waals surface area (Å²) >= 11 is 0. The molecule has 1 aromatic rings. The van der Waals surface area contributed by atoms with Crippen molar-refractivity contribution < 1.29 is 33.0 Å². The summed E-state index contributed by atoms with van der Waals surface area (Å²) in [7, 11) is 2.37. The minimum absolute atomic E-state index is 0.0194. The number of rotatable bonds is 9. The van der Waals surface area contributed by atoms with Gasteiger partial charge in [0.2, 0.25) is 11.8 Å². The number of methoxy groups -OCH3 is 2. The van der Waals surface area contributed by atoms with Gasteiger partial charge in [0.05, 0.1) is 14.2 Å². The highest BCUT2D eigenvalue weighted by Gasteiger charge is 2.27. The summed E-state index contributed by atoms with van der Waals surface area (Å²) < 4.78 is 22.2. The second-order valence-electron chi connectivity index (χ2n) is 5.78. The molecule has 0 radical (unpaired) electrons. The molecule has 0 aromatic heterocycles. The highest BCUT2D eigenvalue weighted by atomic mass is 19.1. The zero-order valence-electron chi connectivity index (χ0n) is 15.4. The molecule has 1 rings (SSSR count). The van der Waals surface area contributed by atoms with Crippen LogP contribution >= 0.6 is 0 Å². The molecule has 1 aromatic carbocycles. The molecule has 2 amide bonds. The second kappa shape index (κ2) is 10.9. The molecule has 2 N–H and O–H groups in total. The van der Waals surface area contributed by atoms with Crippen LogP contribution in [0.25, 0.3) is 0 Å². The molecule has 27 heavy (non-hydrogen) atoms. The van der Waals surface area contributed by atoms with Gasteiger partial charge >= 0.3 is 11.9 Å². The lowest BCUT2D eigenvalue weighted by Gasteiger charge is -2.22. The highest BCUT2D eigenvalue weighted by Crippen LogP contribution is 2.08. The Labute approximate surface area is 156 Å². The van der Waals surface area contributed by atoms with Gasteiger partial charge in [0, 0.05) is 19.8 Å². The van der Waals surface area contributed by atoms with Gasteiger partial charge in [-0.25, -0.2) is 9.18 Å². The van der Waals surface area contributed by atoms with Crippen LogP contribution in [0.2, 0.25) is 0 Å². The predicted molar refractivity (Wildman–Crippen MR) is 92.9 cm³/mol. The van der Waals surface area contributed by atoms with Crippen molar-refractivity contribution >= 4 is 23.8 Å². The zero-order chi connectivity index (χ0) is 20.4. The van der Waals surface area contributed by atoms with Crippen LogP contribution in [0.4, 0.5) is 4.39 Å². The minimum Gasteiger partial charge on any atom is -0.469 e. The number of ether oxygens (including phenoxy) is 2. The number of hydrogen-bond donors (Lipinski definition) is 2. The van der Waals surface area contributed by atoms with Gasteiger partial charge < -0.3 is 20.1 Å². The third kappa shape index (κ3) is 7.85. The molecule has 0 saturated carbocycles. The molecule has 0 heterocycles. The van der Waals surface area contributed by atoms with E-state index >= 15 is 0 Å². The summed E-state index contributed by atoms with van der Waals surface area (Å²) in [6, 6.07) is 3.40. The van der Waals surface area contributed by atoms with Crippen LogP contribution in [0.15, 0.2) is 24.3 Å². The van der Waals surface area contributed by atoms with Crippen LogP contribution in [-0.2, 0) is 35.1 Å². The molecule has 148 valence electrons. The number of carbonyl (C=O) groups excluding carboxylic acids is 4. The van der Waals surface area contributed by atoms with Gasteiger partial charge in [-0.05, 0) is 24.1 Å². The van der Waals surface area contributed by atoms with E-state index in [1.165, 1.54) is 38.3 Å². The fourth-order valence-electron chi connectivity index (χ4n) is 2.34. The number of nitrogens with one attached hydrogen (secondary N) is 2. The van der Waals surface area contributed by atoms with Gasteiger partial charge in [0.15, 0.2) is 0 Å². The van der Waals surface area contributed by atoms with E-state index < -0.39 is 41.7 Å². The Morgan fingerprint density at radius 1 is 1.00 bits per heavy atom. The molecule has 0 aliphatic carbocycles. The molecule has 9 heteroatoms. The first kappa shape index (κ1) is 22.1. The SMILES string of the molecule is COC(=O)CC[C@@H](NC(=O)[C@@H](Cc1ccc(F)cc1)NC(C)=O)C(=O)OC. The first-order valence-corrected chi connectivity index (χ1v) is 8.23. The number of hydrogen-bond acceptors (Lipinski definition) is 6. The van der Waals surface area contributed by atoms with E-state index in [1.54, 1.807) is 0 Å². The third-order valence-electron chi connectivity index (χ3n) is 3.71. The Hall–Kier alpha value is -2.97. The van der Waals surface area contributed by atoms with Crippen LogP contribution in [0.3, 0.4) is 0 Å². The van der Waals surface area contributed by atoms with Crippen molar-refractivity contribution in [3.63, 3.8) is 0 Å². The molecule has 0 saturated heterocycles. The second-order valence-corrected chi connectivity index (χ2v) is 5.78. The number of esters is 2. The molecule has 0 aliphatic heterocycles. The maximum atomic E-state index is 13.0. The Balaban J connectivity index is 2.86. The standard InChI is InChI=1S/C18H23FN2O6/c1-11(22)20-15(10-12-4-6-13(19)7-5-12)17(24)21-14(18(25)27-3)8-9-16(23)26-2/h4-7,14-15H,8-10H2,1-3H3,(H,20,22)(H,21,24)/t14-,15-/m1/s1. The molecule has 0 fully saturated rings. The lowest BCUT2D eigenvalue weighted by Crippen LogP contribution is -2.52. The third-order valence-corrected chi connectivity index (χ3v) is 3.71. The van der Waals surface area contributed by atoms with Gasteiger partial charge in [0.25, 0.3) is 0 Å². The Morgan fingerprint density at radius 3 is 2.15 bits per heavy atom. The summed E-state index contributed by atoms with van der Waals surface area (Å²) in [5.41, 5.74) is 0.620. The molecule has 0 unspecified atom stereocenters. The summed E-state index contributed by atoms with van der Waals surface area (Å²) in [6.07, 6.45) is -0.0235. The van der Waals surface area contributed by atoms with E-state index in [0.29, 0.717) is 5.56 Å². The molecule has 8 nitrogen and oxygen atoms in total. The van der Waals surface area contributed by atoms with Gasteiger partial charge in [-0.15, -0.1) is 0 Å². The smallest absolute Gasteiger partial charge is 0.328 e.